The fourth-order valence-electron chi connectivity index (χ4n) is 2.66. The maximum Gasteiger partial charge on any atom is 0.177 e. The van der Waals surface area contributed by atoms with Crippen LogP contribution in [0.4, 0.5) is 14.5 Å². The first kappa shape index (κ1) is 14.8. The highest BCUT2D eigenvalue weighted by molar-refractivity contribution is 6.30. The molecular weight excluding hydrogens is 308 g/mol. The molecule has 0 saturated heterocycles. The number of fused-ring (bicyclic) bond motifs is 1. The van der Waals surface area contributed by atoms with Crippen LogP contribution in [0.5, 0.6) is 0 Å². The Morgan fingerprint density at radius 2 is 1.77 bits per heavy atom. The number of aryl methyl sites for hydroxylation is 1. The van der Waals surface area contributed by atoms with E-state index < -0.39 is 17.3 Å². The van der Waals surface area contributed by atoms with E-state index in [4.69, 9.17) is 23.1 Å². The van der Waals surface area contributed by atoms with E-state index in [0.29, 0.717) is 16.8 Å². The summed E-state index contributed by atoms with van der Waals surface area (Å²) in [5, 5.41) is 2.60. The zero-order valence-corrected chi connectivity index (χ0v) is 12.5. The Kier molecular flexibility index (Phi) is 3.34. The van der Waals surface area contributed by atoms with Crippen molar-refractivity contribution >= 4 is 23.4 Å². The van der Waals surface area contributed by atoms with Gasteiger partial charge in [-0.2, -0.15) is 0 Å². The predicted molar refractivity (Wildman–Crippen MR) is 84.1 cm³/mol. The minimum Gasteiger partial charge on any atom is -0.398 e. The second kappa shape index (κ2) is 4.97. The van der Waals surface area contributed by atoms with Gasteiger partial charge < -0.3 is 16.8 Å². The van der Waals surface area contributed by atoms with Gasteiger partial charge in [-0.1, -0.05) is 29.8 Å². The minimum atomic E-state index is -1.43. The molecule has 2 aromatic rings. The fourth-order valence-corrected chi connectivity index (χ4v) is 2.80. The quantitative estimate of drug-likeness (QED) is 0.558. The van der Waals surface area contributed by atoms with Gasteiger partial charge in [0.15, 0.2) is 11.6 Å². The largest absolute Gasteiger partial charge is 0.398 e. The Bertz CT molecular complexity index is 804. The van der Waals surface area contributed by atoms with Crippen molar-refractivity contribution in [3.8, 4) is 0 Å². The van der Waals surface area contributed by atoms with Gasteiger partial charge in [0.1, 0.15) is 5.66 Å². The summed E-state index contributed by atoms with van der Waals surface area (Å²) in [6, 6.07) is 6.19. The van der Waals surface area contributed by atoms with Crippen LogP contribution < -0.4 is 16.8 Å². The molecule has 6 heteroatoms. The van der Waals surface area contributed by atoms with Crippen LogP contribution in [0.15, 0.2) is 30.5 Å². The lowest BCUT2D eigenvalue weighted by molar-refractivity contribution is 0.421. The van der Waals surface area contributed by atoms with Crippen molar-refractivity contribution in [2.24, 2.45) is 5.73 Å². The lowest BCUT2D eigenvalue weighted by Gasteiger charge is -2.36. The van der Waals surface area contributed by atoms with Gasteiger partial charge in [0.05, 0.1) is 5.02 Å². The van der Waals surface area contributed by atoms with E-state index in [1.54, 1.807) is 24.4 Å². The molecule has 0 aromatic heterocycles. The summed E-state index contributed by atoms with van der Waals surface area (Å²) < 4.78 is 28.1. The Hall–Kier alpha value is -2.11. The Balaban J connectivity index is 2.28. The lowest BCUT2D eigenvalue weighted by atomic mass is 9.84. The smallest absolute Gasteiger partial charge is 0.177 e. The molecule has 0 amide bonds. The number of nitrogens with two attached hydrogens (primary N) is 2. The minimum absolute atomic E-state index is 0.0387. The van der Waals surface area contributed by atoms with Crippen LogP contribution in [-0.2, 0) is 5.66 Å². The number of halogens is 3. The molecule has 22 heavy (non-hydrogen) atoms. The first-order chi connectivity index (χ1) is 10.4. The second-order valence-electron chi connectivity index (χ2n) is 5.27. The molecular formula is C16H14ClF2N3. The van der Waals surface area contributed by atoms with Gasteiger partial charge in [-0.25, -0.2) is 8.78 Å². The van der Waals surface area contributed by atoms with Crippen LogP contribution in [0.1, 0.15) is 22.3 Å². The van der Waals surface area contributed by atoms with Gasteiger partial charge in [0, 0.05) is 22.4 Å². The van der Waals surface area contributed by atoms with E-state index >= 15 is 0 Å². The monoisotopic (exact) mass is 321 g/mol. The summed E-state index contributed by atoms with van der Waals surface area (Å²) in [6.07, 6.45) is 3.33. The molecule has 1 unspecified atom stereocenters. The summed E-state index contributed by atoms with van der Waals surface area (Å²) in [5.74, 6) is -2.20. The Morgan fingerprint density at radius 1 is 1.09 bits per heavy atom. The SMILES string of the molecule is Cc1ccc2c(c1N)C=CNC2(N)c1ccc(Cl)c(F)c1F. The van der Waals surface area contributed by atoms with Crippen LogP contribution in [0.2, 0.25) is 5.02 Å². The van der Waals surface area contributed by atoms with Crippen LogP contribution in [0, 0.1) is 18.6 Å². The van der Waals surface area contributed by atoms with Crippen molar-refractivity contribution in [1.82, 2.24) is 5.32 Å². The summed E-state index contributed by atoms with van der Waals surface area (Å²) in [4.78, 5) is 0. The van der Waals surface area contributed by atoms with E-state index in [9.17, 15) is 8.78 Å². The van der Waals surface area contributed by atoms with Gasteiger partial charge in [-0.3, -0.25) is 0 Å². The maximum atomic E-state index is 14.3. The van der Waals surface area contributed by atoms with E-state index in [1.807, 2.05) is 6.92 Å². The molecule has 114 valence electrons. The summed E-state index contributed by atoms with van der Waals surface area (Å²) in [5.41, 5.74) is 13.7. The van der Waals surface area contributed by atoms with Crippen molar-refractivity contribution in [2.75, 3.05) is 5.73 Å². The number of nitrogen functional groups attached to an aromatic ring is 1. The second-order valence-corrected chi connectivity index (χ2v) is 5.67. The lowest BCUT2D eigenvalue weighted by Crippen LogP contribution is -2.51. The summed E-state index contributed by atoms with van der Waals surface area (Å²) in [7, 11) is 0. The van der Waals surface area contributed by atoms with E-state index in [-0.39, 0.29) is 10.6 Å². The molecule has 3 nitrogen and oxygen atoms in total. The number of nitrogens with one attached hydrogen (secondary N) is 1. The summed E-state index contributed by atoms with van der Waals surface area (Å²) in [6.45, 7) is 1.87. The first-order valence-corrected chi connectivity index (χ1v) is 7.00. The van der Waals surface area contributed by atoms with Gasteiger partial charge >= 0.3 is 0 Å². The molecule has 5 N–H and O–H groups in total. The molecule has 3 rings (SSSR count). The fraction of sp³-hybridized carbons (Fsp3) is 0.125. The molecule has 1 atom stereocenters. The van der Waals surface area contributed by atoms with Crippen molar-refractivity contribution in [2.45, 2.75) is 12.6 Å². The van der Waals surface area contributed by atoms with Gasteiger partial charge in [0.2, 0.25) is 0 Å². The third-order valence-corrected chi connectivity index (χ3v) is 4.24. The average molecular weight is 322 g/mol. The molecule has 1 aliphatic heterocycles. The number of hydrogen-bond acceptors (Lipinski definition) is 3. The van der Waals surface area contributed by atoms with E-state index in [1.165, 1.54) is 12.1 Å². The highest BCUT2D eigenvalue weighted by atomic mass is 35.5. The van der Waals surface area contributed by atoms with Crippen molar-refractivity contribution in [3.63, 3.8) is 0 Å². The molecule has 1 heterocycles. The average Bonchev–Trinajstić information content (AvgIpc) is 2.49. The van der Waals surface area contributed by atoms with Gasteiger partial charge in [0.25, 0.3) is 0 Å². The molecule has 0 spiro atoms. The van der Waals surface area contributed by atoms with E-state index in [0.717, 1.165) is 5.56 Å². The normalized spacial score (nSPS) is 19.7. The number of hydrogen-bond donors (Lipinski definition) is 3. The first-order valence-electron chi connectivity index (χ1n) is 6.63. The topological polar surface area (TPSA) is 64.1 Å². The van der Waals surface area contributed by atoms with E-state index in [2.05, 4.69) is 5.32 Å². The molecule has 1 aliphatic rings. The highest BCUT2D eigenvalue weighted by Gasteiger charge is 2.37. The Morgan fingerprint density at radius 3 is 2.50 bits per heavy atom. The van der Waals surface area contributed by atoms with Gasteiger partial charge in [-0.05, 0) is 30.8 Å². The molecule has 0 saturated carbocycles. The van der Waals surface area contributed by atoms with Crippen LogP contribution in [-0.4, -0.2) is 0 Å². The molecule has 0 fully saturated rings. The molecule has 0 aliphatic carbocycles. The third-order valence-electron chi connectivity index (χ3n) is 3.95. The maximum absolute atomic E-state index is 14.3. The van der Waals surface area contributed by atoms with Crippen molar-refractivity contribution < 1.29 is 8.78 Å². The zero-order valence-electron chi connectivity index (χ0n) is 11.8. The van der Waals surface area contributed by atoms with Crippen LogP contribution >= 0.6 is 11.6 Å². The van der Waals surface area contributed by atoms with Crippen molar-refractivity contribution in [3.05, 3.63) is 69.4 Å². The van der Waals surface area contributed by atoms with Gasteiger partial charge in [-0.15, -0.1) is 0 Å². The zero-order chi connectivity index (χ0) is 16.1. The summed E-state index contributed by atoms with van der Waals surface area (Å²) >= 11 is 5.61. The number of anilines is 1. The third kappa shape index (κ3) is 1.97. The number of rotatable bonds is 1. The Labute approximate surface area is 131 Å². The molecule has 0 bridgehead atoms. The van der Waals surface area contributed by atoms with Crippen molar-refractivity contribution in [1.29, 1.82) is 0 Å². The number of benzene rings is 2. The molecule has 0 radical (unpaired) electrons. The van der Waals surface area contributed by atoms with Crippen LogP contribution in [0.25, 0.3) is 6.08 Å². The predicted octanol–water partition coefficient (Wildman–Crippen LogP) is 3.24. The van der Waals surface area contributed by atoms with Crippen LogP contribution in [0.3, 0.4) is 0 Å². The standard InChI is InChI=1S/C16H14ClF2N3/c1-8-2-3-10-9(15(8)20)6-7-22-16(10,21)11-4-5-12(17)14(19)13(11)18/h2-7,22H,20-21H2,1H3. The highest BCUT2D eigenvalue weighted by Crippen LogP contribution is 2.37. The molecule has 2 aromatic carbocycles.